The van der Waals surface area contributed by atoms with Crippen LogP contribution in [0.4, 0.5) is 4.20 Å². The Hall–Kier alpha value is -0.860. The molecule has 0 fully saturated rings. The molecule has 1 aromatic rings. The normalized spacial score (nSPS) is 15.4. The maximum Gasteiger partial charge on any atom is 0.567 e. The molecule has 0 saturated carbocycles. The second-order valence-corrected chi connectivity index (χ2v) is 6.06. The number of rotatable bonds is 3. The van der Waals surface area contributed by atoms with Gasteiger partial charge in [-0.3, -0.25) is 4.89 Å². The number of hydrogen-bond donors (Lipinski definition) is 1. The number of aryl methyl sites for hydroxylation is 1. The van der Waals surface area contributed by atoms with Gasteiger partial charge in [-0.05, 0) is 23.5 Å². The van der Waals surface area contributed by atoms with E-state index in [2.05, 4.69) is 4.52 Å². The van der Waals surface area contributed by atoms with Crippen LogP contribution >= 0.6 is 7.91 Å². The van der Waals surface area contributed by atoms with Gasteiger partial charge in [-0.25, -0.2) is 4.57 Å². The Morgan fingerprint density at radius 1 is 1.41 bits per heavy atom. The second kappa shape index (κ2) is 4.79. The van der Waals surface area contributed by atoms with Gasteiger partial charge in [0, 0.05) is 5.56 Å². The molecule has 0 aromatic heterocycles. The van der Waals surface area contributed by atoms with Gasteiger partial charge in [0.25, 0.3) is 0 Å². The molecule has 1 atom stereocenters. The van der Waals surface area contributed by atoms with E-state index >= 15 is 0 Å². The smallest absolute Gasteiger partial charge is 0.401 e. The van der Waals surface area contributed by atoms with E-state index in [1.54, 1.807) is 12.1 Å². The molecule has 0 saturated heterocycles. The van der Waals surface area contributed by atoms with Gasteiger partial charge in [0.1, 0.15) is 5.75 Å². The highest BCUT2D eigenvalue weighted by atomic mass is 31.2. The van der Waals surface area contributed by atoms with Crippen LogP contribution in [0.25, 0.3) is 0 Å². The number of halogens is 1. The molecule has 96 valence electrons. The Balaban J connectivity index is 3.26. The van der Waals surface area contributed by atoms with Crippen LogP contribution in [0.1, 0.15) is 38.8 Å². The van der Waals surface area contributed by atoms with Gasteiger partial charge in [0.15, 0.2) is 0 Å². The Morgan fingerprint density at radius 2 is 2.00 bits per heavy atom. The Labute approximate surface area is 101 Å². The lowest BCUT2D eigenvalue weighted by atomic mass is 9.85. The molecule has 0 spiro atoms. The highest BCUT2D eigenvalue weighted by Gasteiger charge is 2.25. The lowest BCUT2D eigenvalue weighted by molar-refractivity contribution is 0.326. The molecule has 17 heavy (non-hydrogen) atoms. The number of benzene rings is 1. The summed E-state index contributed by atoms with van der Waals surface area (Å²) < 4.78 is 27.9. The van der Waals surface area contributed by atoms with E-state index < -0.39 is 7.91 Å². The topological polar surface area (TPSA) is 46.5 Å². The highest BCUT2D eigenvalue weighted by molar-refractivity contribution is 7.47. The lowest BCUT2D eigenvalue weighted by Gasteiger charge is -2.23. The largest absolute Gasteiger partial charge is 0.567 e. The van der Waals surface area contributed by atoms with E-state index in [4.69, 9.17) is 4.89 Å². The Morgan fingerprint density at radius 3 is 2.41 bits per heavy atom. The third-order valence-corrected chi connectivity index (χ3v) is 2.89. The van der Waals surface area contributed by atoms with Crippen molar-refractivity contribution in [1.82, 2.24) is 0 Å². The van der Waals surface area contributed by atoms with E-state index in [0.29, 0.717) is 0 Å². The zero-order chi connectivity index (χ0) is 13.3. The van der Waals surface area contributed by atoms with Crippen molar-refractivity contribution in [2.45, 2.75) is 39.5 Å². The summed E-state index contributed by atoms with van der Waals surface area (Å²) in [6.45, 7) is 7.83. The summed E-state index contributed by atoms with van der Waals surface area (Å²) in [6.07, 6.45) is 0.843. The molecule has 0 heterocycles. The SMILES string of the molecule is CCc1ccc(OP(=O)(O)F)c(C(C)(C)C)c1. The average molecular weight is 260 g/mol. The van der Waals surface area contributed by atoms with Crippen molar-refractivity contribution in [3.8, 4) is 5.75 Å². The summed E-state index contributed by atoms with van der Waals surface area (Å²) in [4.78, 5) is 8.65. The molecule has 1 N–H and O–H groups in total. The fourth-order valence-electron chi connectivity index (χ4n) is 1.58. The molecule has 0 aliphatic carbocycles. The summed E-state index contributed by atoms with van der Waals surface area (Å²) in [7, 11) is -5.01. The predicted molar refractivity (Wildman–Crippen MR) is 66.1 cm³/mol. The standard InChI is InChI=1S/C12H18FO3P/c1-5-9-6-7-11(16-17(13,14)15)10(8-9)12(2,3)4/h6-8H,5H2,1-4H3,(H,14,15). The third-order valence-electron chi connectivity index (χ3n) is 2.47. The van der Waals surface area contributed by atoms with Gasteiger partial charge in [-0.15, -0.1) is 4.20 Å². The van der Waals surface area contributed by atoms with Crippen molar-refractivity contribution in [2.24, 2.45) is 0 Å². The van der Waals surface area contributed by atoms with Crippen molar-refractivity contribution in [3.63, 3.8) is 0 Å². The van der Waals surface area contributed by atoms with Gasteiger partial charge in [0.05, 0.1) is 0 Å². The van der Waals surface area contributed by atoms with Crippen molar-refractivity contribution < 1.29 is 18.2 Å². The first-order chi connectivity index (χ1) is 7.63. The average Bonchev–Trinajstić information content (AvgIpc) is 2.14. The molecule has 3 nitrogen and oxygen atoms in total. The van der Waals surface area contributed by atoms with Crippen LogP contribution in [-0.4, -0.2) is 4.89 Å². The zero-order valence-corrected chi connectivity index (χ0v) is 11.4. The Kier molecular flexibility index (Phi) is 4.00. The summed E-state index contributed by atoms with van der Waals surface area (Å²) in [6, 6.07) is 5.19. The van der Waals surface area contributed by atoms with Gasteiger partial charge >= 0.3 is 7.91 Å². The third kappa shape index (κ3) is 4.14. The minimum Gasteiger partial charge on any atom is -0.401 e. The monoisotopic (exact) mass is 260 g/mol. The second-order valence-electron chi connectivity index (χ2n) is 4.98. The van der Waals surface area contributed by atoms with Crippen LogP contribution in [0.15, 0.2) is 18.2 Å². The first-order valence-electron chi connectivity index (χ1n) is 5.49. The van der Waals surface area contributed by atoms with E-state index in [0.717, 1.165) is 17.5 Å². The summed E-state index contributed by atoms with van der Waals surface area (Å²) in [5, 5.41) is 0. The molecule has 5 heteroatoms. The summed E-state index contributed by atoms with van der Waals surface area (Å²) >= 11 is 0. The molecule has 0 aliphatic rings. The van der Waals surface area contributed by atoms with Crippen molar-refractivity contribution in [2.75, 3.05) is 0 Å². The maximum atomic E-state index is 12.7. The maximum absolute atomic E-state index is 12.7. The van der Waals surface area contributed by atoms with Gasteiger partial charge in [-0.2, -0.15) is 0 Å². The fraction of sp³-hybridized carbons (Fsp3) is 0.500. The molecule has 0 bridgehead atoms. The molecule has 0 aliphatic heterocycles. The Bertz CT molecular complexity index is 446. The minimum absolute atomic E-state index is 0.128. The van der Waals surface area contributed by atoms with Gasteiger partial charge in [0.2, 0.25) is 0 Å². The van der Waals surface area contributed by atoms with E-state index in [1.165, 1.54) is 0 Å². The molecule has 1 rings (SSSR count). The zero-order valence-electron chi connectivity index (χ0n) is 10.5. The van der Waals surface area contributed by atoms with Crippen LogP contribution in [-0.2, 0) is 16.4 Å². The molecular weight excluding hydrogens is 242 g/mol. The van der Waals surface area contributed by atoms with Crippen molar-refractivity contribution in [3.05, 3.63) is 29.3 Å². The summed E-state index contributed by atoms with van der Waals surface area (Å²) in [5.74, 6) is 0.128. The van der Waals surface area contributed by atoms with E-state index in [9.17, 15) is 8.76 Å². The molecule has 1 unspecified atom stereocenters. The van der Waals surface area contributed by atoms with Crippen LogP contribution in [0.2, 0.25) is 0 Å². The van der Waals surface area contributed by atoms with Gasteiger partial charge in [-0.1, -0.05) is 39.8 Å². The van der Waals surface area contributed by atoms with Crippen LogP contribution in [0, 0.1) is 0 Å². The van der Waals surface area contributed by atoms with Crippen LogP contribution in [0.5, 0.6) is 5.75 Å². The van der Waals surface area contributed by atoms with Crippen molar-refractivity contribution >= 4 is 7.91 Å². The predicted octanol–water partition coefficient (Wildman–Crippen LogP) is 4.00. The van der Waals surface area contributed by atoms with Crippen molar-refractivity contribution in [1.29, 1.82) is 0 Å². The molecular formula is C12H18FO3P. The van der Waals surface area contributed by atoms with E-state index in [-0.39, 0.29) is 11.2 Å². The van der Waals surface area contributed by atoms with Gasteiger partial charge < -0.3 is 4.52 Å². The van der Waals surface area contributed by atoms with Crippen LogP contribution in [0.3, 0.4) is 0 Å². The quantitative estimate of drug-likeness (QED) is 0.836. The lowest BCUT2D eigenvalue weighted by Crippen LogP contribution is -2.13. The minimum atomic E-state index is -5.01. The highest BCUT2D eigenvalue weighted by Crippen LogP contribution is 2.46. The first-order valence-corrected chi connectivity index (χ1v) is 6.96. The molecule has 1 aromatic carbocycles. The number of hydrogen-bond acceptors (Lipinski definition) is 2. The summed E-state index contributed by atoms with van der Waals surface area (Å²) in [5.41, 5.74) is 1.52. The van der Waals surface area contributed by atoms with E-state index in [1.807, 2.05) is 33.8 Å². The molecule has 0 amide bonds. The molecule has 0 radical (unpaired) electrons. The first kappa shape index (κ1) is 14.2. The fourth-order valence-corrected chi connectivity index (χ4v) is 1.99. The van der Waals surface area contributed by atoms with Crippen LogP contribution < -0.4 is 4.52 Å².